The summed E-state index contributed by atoms with van der Waals surface area (Å²) >= 11 is 0. The van der Waals surface area contributed by atoms with Gasteiger partial charge in [0.2, 0.25) is 0 Å². The number of ketones is 1. The molecule has 0 saturated carbocycles. The molecule has 0 saturated heterocycles. The molecule has 0 radical (unpaired) electrons. The molecular weight excluding hydrogens is 487 g/mol. The van der Waals surface area contributed by atoms with Crippen LogP contribution in [0.3, 0.4) is 0 Å². The lowest BCUT2D eigenvalue weighted by molar-refractivity contribution is -0.274. The van der Waals surface area contributed by atoms with E-state index < -0.39 is 35.6 Å². The van der Waals surface area contributed by atoms with Crippen LogP contribution in [0.25, 0.3) is 0 Å². The molecule has 1 N–H and O–H groups in total. The Bertz CT molecular complexity index is 1330. The normalized spacial score (nSPS) is 16.0. The van der Waals surface area contributed by atoms with Gasteiger partial charge in [0.05, 0.1) is 17.3 Å². The van der Waals surface area contributed by atoms with Gasteiger partial charge in [-0.3, -0.25) is 14.5 Å². The molecule has 37 heavy (non-hydrogen) atoms. The van der Waals surface area contributed by atoms with Gasteiger partial charge in [-0.15, -0.1) is 18.3 Å². The van der Waals surface area contributed by atoms with Crippen LogP contribution in [0, 0.1) is 0 Å². The number of aryl methyl sites for hydroxylation is 1. The number of rotatable bonds is 7. The van der Waals surface area contributed by atoms with Crippen LogP contribution in [-0.2, 0) is 11.2 Å². The molecule has 1 unspecified atom stereocenters. The van der Waals surface area contributed by atoms with Gasteiger partial charge in [0.1, 0.15) is 5.75 Å². The quantitative estimate of drug-likeness (QED) is 0.401. The third-order valence-electron chi connectivity index (χ3n) is 6.04. The van der Waals surface area contributed by atoms with Gasteiger partial charge in [0.25, 0.3) is 5.91 Å². The first-order valence-corrected chi connectivity index (χ1v) is 11.6. The highest BCUT2D eigenvalue weighted by molar-refractivity contribution is 6.20. The molecule has 4 rings (SSSR count). The molecule has 1 atom stereocenters. The van der Waals surface area contributed by atoms with Crippen molar-refractivity contribution in [2.24, 2.45) is 0 Å². The van der Waals surface area contributed by atoms with E-state index in [1.807, 2.05) is 20.8 Å². The van der Waals surface area contributed by atoms with Crippen molar-refractivity contribution >= 4 is 17.5 Å². The van der Waals surface area contributed by atoms with E-state index in [0.29, 0.717) is 12.1 Å². The van der Waals surface area contributed by atoms with Crippen LogP contribution in [0.4, 0.5) is 19.0 Å². The minimum Gasteiger partial charge on any atom is -0.503 e. The van der Waals surface area contributed by atoms with Crippen LogP contribution < -0.4 is 9.64 Å². The molecule has 0 fully saturated rings. The minimum absolute atomic E-state index is 0.0762. The Labute approximate surface area is 211 Å². The lowest BCUT2D eigenvalue weighted by Gasteiger charge is -2.26. The summed E-state index contributed by atoms with van der Waals surface area (Å²) in [6, 6.07) is 13.6. The fraction of sp³-hybridized carbons (Fsp3) is 0.259. The number of aliphatic hydroxyl groups excluding tert-OH is 1. The van der Waals surface area contributed by atoms with Crippen LogP contribution in [0.15, 0.2) is 72.0 Å². The summed E-state index contributed by atoms with van der Waals surface area (Å²) in [5.74, 6) is -2.39. The van der Waals surface area contributed by atoms with E-state index in [4.69, 9.17) is 0 Å². The molecule has 192 valence electrons. The highest BCUT2D eigenvalue weighted by Crippen LogP contribution is 2.42. The smallest absolute Gasteiger partial charge is 0.503 e. The van der Waals surface area contributed by atoms with Crippen molar-refractivity contribution in [3.8, 4) is 5.75 Å². The van der Waals surface area contributed by atoms with Crippen LogP contribution in [0.1, 0.15) is 59.9 Å². The zero-order valence-corrected chi connectivity index (χ0v) is 20.3. The minimum atomic E-state index is -4.88. The predicted molar refractivity (Wildman–Crippen MR) is 129 cm³/mol. The number of alkyl halides is 3. The molecule has 0 aliphatic carbocycles. The van der Waals surface area contributed by atoms with Crippen LogP contribution in [0.2, 0.25) is 0 Å². The maximum Gasteiger partial charge on any atom is 0.573 e. The fourth-order valence-corrected chi connectivity index (χ4v) is 4.09. The summed E-state index contributed by atoms with van der Waals surface area (Å²) in [4.78, 5) is 27.9. The van der Waals surface area contributed by atoms with E-state index in [1.165, 1.54) is 18.2 Å². The number of amides is 1. The second-order valence-electron chi connectivity index (χ2n) is 8.80. The Morgan fingerprint density at radius 2 is 1.68 bits per heavy atom. The average molecular weight is 512 g/mol. The lowest BCUT2D eigenvalue weighted by atomic mass is 9.91. The molecule has 7 nitrogen and oxygen atoms in total. The predicted octanol–water partition coefficient (Wildman–Crippen LogP) is 5.84. The molecule has 10 heteroatoms. The Kier molecular flexibility index (Phi) is 7.02. The standard InChI is InChI=1S/C27H24F3N3O4/c1-4-19-11-14-21(32-31-19)33-23(17-9-12-20(13-10-17)37-27(28,29)30)22(25(35)26(33)36)24(34)18-7-5-16(6-8-18)15(2)3/h5-15,23,35H,4H2,1-3H3. The molecule has 3 aromatic rings. The fourth-order valence-electron chi connectivity index (χ4n) is 4.09. The number of hydrogen-bond acceptors (Lipinski definition) is 6. The highest BCUT2D eigenvalue weighted by Gasteiger charge is 2.45. The van der Waals surface area contributed by atoms with E-state index in [9.17, 15) is 27.9 Å². The van der Waals surface area contributed by atoms with Crippen molar-refractivity contribution < 1.29 is 32.6 Å². The number of benzene rings is 2. The number of Topliss-reactive ketones (excluding diaryl/α,β-unsaturated/α-hetero) is 1. The number of hydrogen-bond donors (Lipinski definition) is 1. The van der Waals surface area contributed by atoms with Gasteiger partial charge in [-0.2, -0.15) is 5.10 Å². The van der Waals surface area contributed by atoms with Crippen LogP contribution in [0.5, 0.6) is 5.75 Å². The van der Waals surface area contributed by atoms with E-state index in [1.54, 1.807) is 30.3 Å². The average Bonchev–Trinajstić information content (AvgIpc) is 3.13. The Morgan fingerprint density at radius 1 is 1.03 bits per heavy atom. The van der Waals surface area contributed by atoms with Crippen LogP contribution in [-0.4, -0.2) is 33.4 Å². The molecule has 1 aliphatic rings. The number of carbonyl (C=O) groups is 2. The van der Waals surface area contributed by atoms with E-state index >= 15 is 0 Å². The second kappa shape index (κ2) is 10.0. The summed E-state index contributed by atoms with van der Waals surface area (Å²) in [6.45, 7) is 5.89. The summed E-state index contributed by atoms with van der Waals surface area (Å²) in [5.41, 5.74) is 1.97. The van der Waals surface area contributed by atoms with Gasteiger partial charge < -0.3 is 9.84 Å². The second-order valence-corrected chi connectivity index (χ2v) is 8.80. The topological polar surface area (TPSA) is 92.6 Å². The SMILES string of the molecule is CCc1ccc(N2C(=O)C(O)=C(C(=O)c3ccc(C(C)C)cc3)C2c2ccc(OC(F)(F)F)cc2)nn1. The van der Waals surface area contributed by atoms with E-state index in [-0.39, 0.29) is 28.4 Å². The summed E-state index contributed by atoms with van der Waals surface area (Å²) in [7, 11) is 0. The zero-order valence-electron chi connectivity index (χ0n) is 20.3. The Morgan fingerprint density at radius 3 is 2.19 bits per heavy atom. The number of aliphatic hydroxyl groups is 1. The first kappa shape index (κ1) is 25.9. The summed E-state index contributed by atoms with van der Waals surface area (Å²) in [5, 5.41) is 19.0. The first-order chi connectivity index (χ1) is 17.5. The number of ether oxygens (including phenoxy) is 1. The van der Waals surface area contributed by atoms with Gasteiger partial charge in [0.15, 0.2) is 17.4 Å². The largest absolute Gasteiger partial charge is 0.573 e. The third-order valence-corrected chi connectivity index (χ3v) is 6.04. The molecule has 1 amide bonds. The number of anilines is 1. The zero-order chi connectivity index (χ0) is 26.9. The number of halogens is 3. The Hall–Kier alpha value is -4.21. The van der Waals surface area contributed by atoms with E-state index in [2.05, 4.69) is 14.9 Å². The molecular formula is C27H24F3N3O4. The van der Waals surface area contributed by atoms with Crippen molar-refractivity contribution in [3.63, 3.8) is 0 Å². The van der Waals surface area contributed by atoms with Gasteiger partial charge in [0, 0.05) is 5.56 Å². The molecule has 0 bridgehead atoms. The molecule has 0 spiro atoms. The lowest BCUT2D eigenvalue weighted by Crippen LogP contribution is -2.32. The van der Waals surface area contributed by atoms with Crippen molar-refractivity contribution in [3.05, 3.63) is 94.4 Å². The molecule has 1 aromatic heterocycles. The van der Waals surface area contributed by atoms with Gasteiger partial charge in [-0.25, -0.2) is 0 Å². The maximum atomic E-state index is 13.6. The number of carbonyl (C=O) groups excluding carboxylic acids is 2. The summed E-state index contributed by atoms with van der Waals surface area (Å²) < 4.78 is 41.9. The molecule has 1 aliphatic heterocycles. The highest BCUT2D eigenvalue weighted by atomic mass is 19.4. The first-order valence-electron chi connectivity index (χ1n) is 11.6. The van der Waals surface area contributed by atoms with Crippen molar-refractivity contribution in [1.82, 2.24) is 10.2 Å². The number of aromatic nitrogens is 2. The van der Waals surface area contributed by atoms with Gasteiger partial charge in [-0.1, -0.05) is 57.2 Å². The van der Waals surface area contributed by atoms with Crippen molar-refractivity contribution in [2.45, 2.75) is 45.5 Å². The van der Waals surface area contributed by atoms with Gasteiger partial charge in [-0.05, 0) is 47.7 Å². The number of nitrogens with zero attached hydrogens (tertiary/aromatic N) is 3. The Balaban J connectivity index is 1.79. The maximum absolute atomic E-state index is 13.6. The third kappa shape index (κ3) is 5.32. The summed E-state index contributed by atoms with van der Waals surface area (Å²) in [6.07, 6.45) is -4.28. The monoisotopic (exact) mass is 511 g/mol. The van der Waals surface area contributed by atoms with E-state index in [0.717, 1.165) is 22.6 Å². The van der Waals surface area contributed by atoms with Crippen molar-refractivity contribution in [2.75, 3.05) is 4.90 Å². The van der Waals surface area contributed by atoms with Crippen molar-refractivity contribution in [1.29, 1.82) is 0 Å². The van der Waals surface area contributed by atoms with Crippen LogP contribution >= 0.6 is 0 Å². The van der Waals surface area contributed by atoms with Gasteiger partial charge >= 0.3 is 6.36 Å². The molecule has 2 aromatic carbocycles. The molecule has 2 heterocycles.